The van der Waals surface area contributed by atoms with E-state index in [1.807, 2.05) is 41.8 Å². The molecule has 1 fully saturated rings. The first kappa shape index (κ1) is 15.8. The van der Waals surface area contributed by atoms with E-state index in [1.165, 1.54) is 6.07 Å². The summed E-state index contributed by atoms with van der Waals surface area (Å²) in [5, 5.41) is 10.3. The Morgan fingerprint density at radius 2 is 1.83 bits per heavy atom. The molecule has 1 aromatic heterocycles. The largest absolute Gasteiger partial charge is 0.503 e. The van der Waals surface area contributed by atoms with Crippen LogP contribution in [0.4, 0.5) is 0 Å². The van der Waals surface area contributed by atoms with Crippen molar-refractivity contribution in [2.75, 3.05) is 26.3 Å². The minimum absolute atomic E-state index is 0.141. The second kappa shape index (κ2) is 6.98. The smallest absolute Gasteiger partial charge is 0.223 e. The fraction of sp³-hybridized carbons (Fsp3) is 0.389. The van der Waals surface area contributed by atoms with Crippen LogP contribution in [0, 0.1) is 6.92 Å². The number of aromatic nitrogens is 1. The van der Waals surface area contributed by atoms with Gasteiger partial charge in [-0.3, -0.25) is 9.69 Å². The predicted octanol–water partition coefficient (Wildman–Crippen LogP) is 1.74. The Kier molecular flexibility index (Phi) is 4.79. The van der Waals surface area contributed by atoms with Crippen molar-refractivity contribution in [1.29, 1.82) is 0 Å². The minimum Gasteiger partial charge on any atom is -0.503 e. The Hall–Kier alpha value is -2.11. The average Bonchev–Trinajstić information content (AvgIpc) is 2.58. The number of ether oxygens (including phenoxy) is 1. The maximum Gasteiger partial charge on any atom is 0.223 e. The lowest BCUT2D eigenvalue weighted by Crippen LogP contribution is -2.37. The van der Waals surface area contributed by atoms with Gasteiger partial charge in [-0.2, -0.15) is 0 Å². The summed E-state index contributed by atoms with van der Waals surface area (Å²) in [6.45, 7) is 6.11. The Balaban J connectivity index is 1.96. The summed E-state index contributed by atoms with van der Waals surface area (Å²) < 4.78 is 7.40. The van der Waals surface area contributed by atoms with Crippen molar-refractivity contribution in [2.24, 2.45) is 0 Å². The second-order valence-electron chi connectivity index (χ2n) is 5.91. The molecular formula is C18H22N2O3. The molecule has 5 nitrogen and oxygen atoms in total. The number of rotatable bonds is 4. The molecule has 0 atom stereocenters. The van der Waals surface area contributed by atoms with Crippen molar-refractivity contribution in [3.05, 3.63) is 63.6 Å². The summed E-state index contributed by atoms with van der Waals surface area (Å²) in [4.78, 5) is 14.2. The molecule has 0 amide bonds. The van der Waals surface area contributed by atoms with Crippen LogP contribution in [0.5, 0.6) is 5.75 Å². The molecule has 0 bridgehead atoms. The summed E-state index contributed by atoms with van der Waals surface area (Å²) in [6.07, 6.45) is 0. The van der Waals surface area contributed by atoms with E-state index in [9.17, 15) is 9.90 Å². The Morgan fingerprint density at radius 3 is 2.52 bits per heavy atom. The van der Waals surface area contributed by atoms with Crippen LogP contribution in [0.2, 0.25) is 0 Å². The van der Waals surface area contributed by atoms with E-state index in [2.05, 4.69) is 4.90 Å². The van der Waals surface area contributed by atoms with Crippen LogP contribution in [-0.4, -0.2) is 40.9 Å². The van der Waals surface area contributed by atoms with Gasteiger partial charge in [0.2, 0.25) is 5.43 Å². The maximum atomic E-state index is 12.0. The molecule has 1 aliphatic heterocycles. The molecule has 0 unspecified atom stereocenters. The quantitative estimate of drug-likeness (QED) is 0.934. The third-order valence-electron chi connectivity index (χ3n) is 4.26. The topological polar surface area (TPSA) is 54.7 Å². The first-order valence-corrected chi connectivity index (χ1v) is 7.91. The van der Waals surface area contributed by atoms with Gasteiger partial charge in [0.25, 0.3) is 0 Å². The summed E-state index contributed by atoms with van der Waals surface area (Å²) in [6, 6.07) is 11.6. The number of aryl methyl sites for hydroxylation is 1. The van der Waals surface area contributed by atoms with E-state index >= 15 is 0 Å². The maximum absolute atomic E-state index is 12.0. The highest BCUT2D eigenvalue weighted by Crippen LogP contribution is 2.19. The molecule has 0 spiro atoms. The molecule has 2 heterocycles. The zero-order valence-corrected chi connectivity index (χ0v) is 13.4. The minimum atomic E-state index is -0.310. The molecule has 1 aliphatic rings. The van der Waals surface area contributed by atoms with Crippen LogP contribution < -0.4 is 5.43 Å². The fourth-order valence-electron chi connectivity index (χ4n) is 2.94. The predicted molar refractivity (Wildman–Crippen MR) is 88.7 cm³/mol. The van der Waals surface area contributed by atoms with Crippen LogP contribution in [0.1, 0.15) is 17.0 Å². The fourth-order valence-corrected chi connectivity index (χ4v) is 2.94. The lowest BCUT2D eigenvalue weighted by Gasteiger charge is -2.28. The summed E-state index contributed by atoms with van der Waals surface area (Å²) in [5.41, 5.74) is 2.37. The van der Waals surface area contributed by atoms with E-state index < -0.39 is 0 Å². The SMILES string of the molecule is Cc1cc(=O)c(O)c(CN2CCOCC2)n1Cc1ccccc1. The van der Waals surface area contributed by atoms with Crippen molar-refractivity contribution >= 4 is 0 Å². The van der Waals surface area contributed by atoms with Gasteiger partial charge in [0.1, 0.15) is 0 Å². The van der Waals surface area contributed by atoms with Crippen molar-refractivity contribution in [1.82, 2.24) is 9.47 Å². The molecule has 122 valence electrons. The van der Waals surface area contributed by atoms with Crippen molar-refractivity contribution in [3.8, 4) is 5.75 Å². The summed E-state index contributed by atoms with van der Waals surface area (Å²) in [5.74, 6) is -0.141. The number of hydrogen-bond donors (Lipinski definition) is 1. The van der Waals surface area contributed by atoms with Gasteiger partial charge in [-0.25, -0.2) is 0 Å². The molecule has 23 heavy (non-hydrogen) atoms. The Morgan fingerprint density at radius 1 is 1.13 bits per heavy atom. The van der Waals surface area contributed by atoms with Gasteiger partial charge in [-0.15, -0.1) is 0 Å². The molecule has 2 aromatic rings. The van der Waals surface area contributed by atoms with E-state index in [4.69, 9.17) is 4.74 Å². The highest BCUT2D eigenvalue weighted by atomic mass is 16.5. The number of nitrogens with zero attached hydrogens (tertiary/aromatic N) is 2. The zero-order chi connectivity index (χ0) is 16.2. The third-order valence-corrected chi connectivity index (χ3v) is 4.26. The van der Waals surface area contributed by atoms with Crippen LogP contribution in [0.3, 0.4) is 0 Å². The first-order valence-electron chi connectivity index (χ1n) is 7.91. The van der Waals surface area contributed by atoms with Gasteiger partial charge < -0.3 is 14.4 Å². The Bertz CT molecular complexity index is 719. The summed E-state index contributed by atoms with van der Waals surface area (Å²) in [7, 11) is 0. The van der Waals surface area contributed by atoms with Crippen molar-refractivity contribution in [3.63, 3.8) is 0 Å². The van der Waals surface area contributed by atoms with Gasteiger partial charge in [-0.1, -0.05) is 30.3 Å². The van der Waals surface area contributed by atoms with Gasteiger partial charge in [0, 0.05) is 37.9 Å². The number of hydrogen-bond acceptors (Lipinski definition) is 4. The number of benzene rings is 1. The molecule has 3 rings (SSSR count). The van der Waals surface area contributed by atoms with Gasteiger partial charge >= 0.3 is 0 Å². The van der Waals surface area contributed by atoms with Gasteiger partial charge in [0.05, 0.1) is 18.9 Å². The first-order chi connectivity index (χ1) is 11.1. The van der Waals surface area contributed by atoms with Crippen LogP contribution in [-0.2, 0) is 17.8 Å². The van der Waals surface area contributed by atoms with Crippen LogP contribution in [0.15, 0.2) is 41.2 Å². The third kappa shape index (κ3) is 3.63. The van der Waals surface area contributed by atoms with E-state index in [0.29, 0.717) is 32.0 Å². The highest BCUT2D eigenvalue weighted by Gasteiger charge is 2.18. The normalized spacial score (nSPS) is 15.7. The molecule has 1 aromatic carbocycles. The van der Waals surface area contributed by atoms with E-state index in [-0.39, 0.29) is 11.2 Å². The van der Waals surface area contributed by atoms with E-state index in [1.54, 1.807) is 0 Å². The lowest BCUT2D eigenvalue weighted by atomic mass is 10.1. The second-order valence-corrected chi connectivity index (χ2v) is 5.91. The molecule has 0 aliphatic carbocycles. The molecule has 1 N–H and O–H groups in total. The number of pyridine rings is 1. The number of aromatic hydroxyl groups is 1. The average molecular weight is 314 g/mol. The van der Waals surface area contributed by atoms with Crippen LogP contribution in [0.25, 0.3) is 0 Å². The molecule has 0 radical (unpaired) electrons. The molecule has 5 heteroatoms. The van der Waals surface area contributed by atoms with Gasteiger partial charge in [-0.05, 0) is 12.5 Å². The highest BCUT2D eigenvalue weighted by molar-refractivity contribution is 5.31. The number of morpholine rings is 1. The molecular weight excluding hydrogens is 292 g/mol. The molecule has 1 saturated heterocycles. The zero-order valence-electron chi connectivity index (χ0n) is 13.4. The summed E-state index contributed by atoms with van der Waals surface area (Å²) >= 11 is 0. The molecule has 0 saturated carbocycles. The Labute approximate surface area is 135 Å². The van der Waals surface area contributed by atoms with Crippen molar-refractivity contribution in [2.45, 2.75) is 20.0 Å². The van der Waals surface area contributed by atoms with Crippen molar-refractivity contribution < 1.29 is 9.84 Å². The monoisotopic (exact) mass is 314 g/mol. The van der Waals surface area contributed by atoms with Gasteiger partial charge in [0.15, 0.2) is 5.75 Å². The standard InChI is InChI=1S/C18H22N2O3/c1-14-11-17(21)18(22)16(13-19-7-9-23-10-8-19)20(14)12-15-5-3-2-4-6-15/h2-6,11,22H,7-10,12-13H2,1H3. The lowest BCUT2D eigenvalue weighted by molar-refractivity contribution is 0.0327. The van der Waals surface area contributed by atoms with E-state index in [0.717, 1.165) is 24.3 Å². The van der Waals surface area contributed by atoms with Crippen LogP contribution >= 0.6 is 0 Å².